The van der Waals surface area contributed by atoms with Gasteiger partial charge in [0, 0.05) is 0 Å². The van der Waals surface area contributed by atoms with Crippen molar-refractivity contribution in [1.29, 1.82) is 0 Å². The molecule has 0 aliphatic carbocycles. The normalized spacial score (nSPS) is 13.6. The van der Waals surface area contributed by atoms with Gasteiger partial charge in [-0.1, -0.05) is 30.3 Å². The van der Waals surface area contributed by atoms with E-state index in [9.17, 15) is 14.3 Å². The van der Waals surface area contributed by atoms with Crippen molar-refractivity contribution in [2.45, 2.75) is 12.5 Å². The zero-order valence-corrected chi connectivity index (χ0v) is 11.0. The Kier molecular flexibility index (Phi) is 4.10. The van der Waals surface area contributed by atoms with Gasteiger partial charge in [-0.15, -0.1) is 0 Å². The van der Waals surface area contributed by atoms with E-state index in [0.29, 0.717) is 0 Å². The number of carbonyl (C=O) groups is 1. The van der Waals surface area contributed by atoms with Crippen LogP contribution < -0.4 is 5.32 Å². The smallest absolute Gasteiger partial charge is 0.270 e. The van der Waals surface area contributed by atoms with Crippen LogP contribution in [0.2, 0.25) is 0 Å². The Morgan fingerprint density at radius 1 is 1.30 bits per heavy atom. The fourth-order valence-corrected chi connectivity index (χ4v) is 1.83. The van der Waals surface area contributed by atoms with E-state index in [1.54, 1.807) is 6.92 Å². The van der Waals surface area contributed by atoms with Crippen molar-refractivity contribution in [3.8, 4) is 0 Å². The van der Waals surface area contributed by atoms with Gasteiger partial charge in [-0.3, -0.25) is 4.79 Å². The van der Waals surface area contributed by atoms with Gasteiger partial charge in [-0.25, -0.2) is 9.37 Å². The highest BCUT2D eigenvalue weighted by Gasteiger charge is 2.28. The Labute approximate surface area is 116 Å². The van der Waals surface area contributed by atoms with Crippen LogP contribution in [0.4, 0.5) is 4.39 Å². The number of pyridine rings is 1. The third kappa shape index (κ3) is 3.00. The van der Waals surface area contributed by atoms with E-state index in [1.165, 1.54) is 12.1 Å². The number of aliphatic hydroxyl groups excluding tert-OH is 1. The fraction of sp³-hybridized carbons (Fsp3) is 0.200. The molecule has 2 rings (SSSR count). The summed E-state index contributed by atoms with van der Waals surface area (Å²) in [6, 6.07) is 11.6. The van der Waals surface area contributed by atoms with E-state index in [1.807, 2.05) is 30.3 Å². The minimum absolute atomic E-state index is 0.0991. The molecule has 2 N–H and O–H groups in total. The standard InChI is InChI=1S/C15H15FN2O2/c1-15(10-19,11-5-3-2-4-6-11)18-14(20)13-8-7-12(16)9-17-13/h2-9,19H,10H2,1H3,(H,18,20). The maximum Gasteiger partial charge on any atom is 0.270 e. The lowest BCUT2D eigenvalue weighted by molar-refractivity contribution is 0.0844. The highest BCUT2D eigenvalue weighted by Crippen LogP contribution is 2.20. The lowest BCUT2D eigenvalue weighted by atomic mass is 9.92. The molecule has 1 aromatic heterocycles. The number of aromatic nitrogens is 1. The number of amides is 1. The molecule has 0 radical (unpaired) electrons. The van der Waals surface area contributed by atoms with Gasteiger partial charge in [0.1, 0.15) is 11.5 Å². The Balaban J connectivity index is 2.22. The van der Waals surface area contributed by atoms with Crippen LogP contribution in [-0.2, 0) is 5.54 Å². The van der Waals surface area contributed by atoms with Gasteiger partial charge in [0.2, 0.25) is 0 Å². The Bertz CT molecular complexity index is 587. The number of rotatable bonds is 4. The molecule has 20 heavy (non-hydrogen) atoms. The van der Waals surface area contributed by atoms with Crippen LogP contribution in [0, 0.1) is 5.82 Å². The average molecular weight is 274 g/mol. The Morgan fingerprint density at radius 3 is 2.55 bits per heavy atom. The molecule has 1 heterocycles. The van der Waals surface area contributed by atoms with Crippen LogP contribution in [0.5, 0.6) is 0 Å². The molecule has 0 fully saturated rings. The van der Waals surface area contributed by atoms with Crippen LogP contribution in [-0.4, -0.2) is 22.6 Å². The molecule has 0 aliphatic heterocycles. The maximum absolute atomic E-state index is 12.8. The van der Waals surface area contributed by atoms with Crippen LogP contribution in [0.15, 0.2) is 48.7 Å². The van der Waals surface area contributed by atoms with Gasteiger partial charge in [0.05, 0.1) is 18.3 Å². The van der Waals surface area contributed by atoms with E-state index >= 15 is 0 Å². The summed E-state index contributed by atoms with van der Waals surface area (Å²) in [5.74, 6) is -0.972. The lowest BCUT2D eigenvalue weighted by Gasteiger charge is -2.29. The molecule has 104 valence electrons. The average Bonchev–Trinajstić information content (AvgIpc) is 2.48. The van der Waals surface area contributed by atoms with Crippen molar-refractivity contribution in [2.24, 2.45) is 0 Å². The first-order chi connectivity index (χ1) is 9.55. The summed E-state index contributed by atoms with van der Waals surface area (Å²) in [5, 5.41) is 12.3. The third-order valence-electron chi connectivity index (χ3n) is 3.08. The fourth-order valence-electron chi connectivity index (χ4n) is 1.83. The molecule has 0 saturated heterocycles. The summed E-state index contributed by atoms with van der Waals surface area (Å²) < 4.78 is 12.8. The van der Waals surface area contributed by atoms with E-state index in [0.717, 1.165) is 11.8 Å². The van der Waals surface area contributed by atoms with Gasteiger partial charge >= 0.3 is 0 Å². The molecular formula is C15H15FN2O2. The number of hydrogen-bond acceptors (Lipinski definition) is 3. The van der Waals surface area contributed by atoms with Gasteiger partial charge in [0.15, 0.2) is 0 Å². The highest BCUT2D eigenvalue weighted by molar-refractivity contribution is 5.92. The molecular weight excluding hydrogens is 259 g/mol. The molecule has 0 saturated carbocycles. The number of carbonyl (C=O) groups excluding carboxylic acids is 1. The minimum atomic E-state index is -0.922. The van der Waals surface area contributed by atoms with E-state index in [2.05, 4.69) is 10.3 Å². The molecule has 4 nitrogen and oxygen atoms in total. The van der Waals surface area contributed by atoms with Crippen LogP contribution >= 0.6 is 0 Å². The van der Waals surface area contributed by atoms with Gasteiger partial charge < -0.3 is 10.4 Å². The van der Waals surface area contributed by atoms with Crippen molar-refractivity contribution < 1.29 is 14.3 Å². The summed E-state index contributed by atoms with van der Waals surface area (Å²) in [7, 11) is 0. The third-order valence-corrected chi connectivity index (χ3v) is 3.08. The monoisotopic (exact) mass is 274 g/mol. The summed E-state index contributed by atoms with van der Waals surface area (Å²) in [6.45, 7) is 1.45. The lowest BCUT2D eigenvalue weighted by Crippen LogP contribution is -2.46. The first-order valence-corrected chi connectivity index (χ1v) is 6.15. The molecule has 1 atom stereocenters. The molecule has 2 aromatic rings. The van der Waals surface area contributed by atoms with Gasteiger partial charge in [-0.2, -0.15) is 0 Å². The number of nitrogens with one attached hydrogen (secondary N) is 1. The molecule has 1 unspecified atom stereocenters. The Hall–Kier alpha value is -2.27. The predicted octanol–water partition coefficient (Wildman–Crippen LogP) is 1.86. The number of benzene rings is 1. The van der Waals surface area contributed by atoms with Crippen molar-refractivity contribution in [3.05, 3.63) is 65.7 Å². The highest BCUT2D eigenvalue weighted by atomic mass is 19.1. The largest absolute Gasteiger partial charge is 0.394 e. The predicted molar refractivity (Wildman–Crippen MR) is 72.5 cm³/mol. The van der Waals surface area contributed by atoms with Gasteiger partial charge in [-0.05, 0) is 24.6 Å². The quantitative estimate of drug-likeness (QED) is 0.894. The van der Waals surface area contributed by atoms with Crippen LogP contribution in [0.3, 0.4) is 0 Å². The molecule has 5 heteroatoms. The molecule has 1 amide bonds. The second-order valence-electron chi connectivity index (χ2n) is 4.67. The first kappa shape index (κ1) is 14.1. The van der Waals surface area contributed by atoms with Crippen LogP contribution in [0.1, 0.15) is 23.0 Å². The molecule has 0 bridgehead atoms. The number of nitrogens with zero attached hydrogens (tertiary/aromatic N) is 1. The first-order valence-electron chi connectivity index (χ1n) is 6.15. The van der Waals surface area contributed by atoms with Crippen molar-refractivity contribution in [1.82, 2.24) is 10.3 Å². The minimum Gasteiger partial charge on any atom is -0.394 e. The molecule has 1 aromatic carbocycles. The number of aliphatic hydroxyl groups is 1. The second-order valence-corrected chi connectivity index (χ2v) is 4.67. The second kappa shape index (κ2) is 5.79. The van der Waals surface area contributed by atoms with Gasteiger partial charge in [0.25, 0.3) is 5.91 Å². The summed E-state index contributed by atoms with van der Waals surface area (Å²) in [6.07, 6.45) is 0.980. The topological polar surface area (TPSA) is 62.2 Å². The SMILES string of the molecule is CC(CO)(NC(=O)c1ccc(F)cn1)c1ccccc1. The molecule has 0 aliphatic rings. The molecule has 0 spiro atoms. The summed E-state index contributed by atoms with van der Waals surface area (Å²) >= 11 is 0. The zero-order chi connectivity index (χ0) is 14.6. The van der Waals surface area contributed by atoms with E-state index in [4.69, 9.17) is 0 Å². The van der Waals surface area contributed by atoms with E-state index < -0.39 is 17.3 Å². The Morgan fingerprint density at radius 2 is 2.00 bits per heavy atom. The number of hydrogen-bond donors (Lipinski definition) is 2. The van der Waals surface area contributed by atoms with Crippen molar-refractivity contribution in [2.75, 3.05) is 6.61 Å². The number of halogens is 1. The van der Waals surface area contributed by atoms with E-state index in [-0.39, 0.29) is 12.3 Å². The van der Waals surface area contributed by atoms with Crippen LogP contribution in [0.25, 0.3) is 0 Å². The summed E-state index contributed by atoms with van der Waals surface area (Å²) in [4.78, 5) is 15.8. The van der Waals surface area contributed by atoms with Crippen molar-refractivity contribution in [3.63, 3.8) is 0 Å². The maximum atomic E-state index is 12.8. The van der Waals surface area contributed by atoms with Crippen molar-refractivity contribution >= 4 is 5.91 Å². The zero-order valence-electron chi connectivity index (χ0n) is 11.0. The summed E-state index contributed by atoms with van der Waals surface area (Å²) in [5.41, 5.74) is -0.0472.